The summed E-state index contributed by atoms with van der Waals surface area (Å²) in [5.41, 5.74) is 3.09. The highest BCUT2D eigenvalue weighted by Crippen LogP contribution is 2.38. The van der Waals surface area contributed by atoms with Crippen LogP contribution in [0.4, 0.5) is 5.69 Å². The van der Waals surface area contributed by atoms with Crippen LogP contribution < -0.4 is 4.31 Å². The number of halogens is 1. The topological polar surface area (TPSA) is 61.2 Å². The van der Waals surface area contributed by atoms with Gasteiger partial charge in [0.2, 0.25) is 0 Å². The van der Waals surface area contributed by atoms with E-state index in [2.05, 4.69) is 28.7 Å². The van der Waals surface area contributed by atoms with E-state index in [1.165, 1.54) is 4.31 Å². The number of aryl methyl sites for hydroxylation is 1. The van der Waals surface area contributed by atoms with Gasteiger partial charge in [-0.05, 0) is 43.2 Å². The largest absolute Gasteiger partial charge is 0.264 e. The molecule has 0 saturated carbocycles. The molecule has 0 spiro atoms. The van der Waals surface area contributed by atoms with Gasteiger partial charge in [-0.2, -0.15) is 5.26 Å². The second kappa shape index (κ2) is 6.13. The molecule has 1 atom stereocenters. The summed E-state index contributed by atoms with van der Waals surface area (Å²) in [6, 6.07) is 14.1. The first-order valence-corrected chi connectivity index (χ1v) is 10.1. The Kier molecular flexibility index (Phi) is 4.34. The summed E-state index contributed by atoms with van der Waals surface area (Å²) in [4.78, 5) is 0.285. The first-order chi connectivity index (χ1) is 11.0. The molecule has 0 fully saturated rings. The maximum absolute atomic E-state index is 13.1. The predicted molar refractivity (Wildman–Crippen MR) is 98.4 cm³/mol. The lowest BCUT2D eigenvalue weighted by Crippen LogP contribution is -2.38. The zero-order chi connectivity index (χ0) is 16.6. The standard InChI is InChI=1S/C17H15IN2O2S/c1-12-2-6-16(7-3-12)23(21,22)20-15(10-18)9-14-5-4-13(11-19)8-17(14)20/h2-8,15H,9-10H2,1H3/t15-/m0/s1. The van der Waals surface area contributed by atoms with Gasteiger partial charge in [0.15, 0.2) is 0 Å². The Morgan fingerprint density at radius 2 is 1.96 bits per heavy atom. The third-order valence-corrected chi connectivity index (χ3v) is 6.89. The van der Waals surface area contributed by atoms with Crippen LogP contribution >= 0.6 is 22.6 Å². The molecule has 1 aliphatic heterocycles. The van der Waals surface area contributed by atoms with Gasteiger partial charge in [-0.1, -0.05) is 46.4 Å². The summed E-state index contributed by atoms with van der Waals surface area (Å²) in [6.07, 6.45) is 0.676. The molecule has 3 rings (SSSR count). The zero-order valence-corrected chi connectivity index (χ0v) is 15.5. The molecule has 4 nitrogen and oxygen atoms in total. The molecule has 6 heteroatoms. The number of anilines is 1. The van der Waals surface area contributed by atoms with E-state index in [0.29, 0.717) is 22.1 Å². The molecule has 118 valence electrons. The van der Waals surface area contributed by atoms with Crippen molar-refractivity contribution in [3.8, 4) is 6.07 Å². The predicted octanol–water partition coefficient (Wildman–Crippen LogP) is 3.42. The van der Waals surface area contributed by atoms with Gasteiger partial charge in [0.1, 0.15) is 0 Å². The number of benzene rings is 2. The van der Waals surface area contributed by atoms with Gasteiger partial charge in [-0.15, -0.1) is 0 Å². The molecular formula is C17H15IN2O2S. The van der Waals surface area contributed by atoms with Crippen molar-refractivity contribution in [3.63, 3.8) is 0 Å². The third kappa shape index (κ3) is 2.83. The van der Waals surface area contributed by atoms with Crippen LogP contribution in [0, 0.1) is 18.3 Å². The Morgan fingerprint density at radius 3 is 2.57 bits per heavy atom. The number of rotatable bonds is 3. The highest BCUT2D eigenvalue weighted by Gasteiger charge is 2.37. The first-order valence-electron chi connectivity index (χ1n) is 7.17. The van der Waals surface area contributed by atoms with E-state index in [0.717, 1.165) is 11.1 Å². The molecular weight excluding hydrogens is 423 g/mol. The van der Waals surface area contributed by atoms with Crippen LogP contribution in [0.1, 0.15) is 16.7 Å². The number of hydrogen-bond donors (Lipinski definition) is 0. The summed E-state index contributed by atoms with van der Waals surface area (Å²) in [6.45, 7) is 1.92. The van der Waals surface area contributed by atoms with E-state index in [1.807, 2.05) is 13.0 Å². The van der Waals surface area contributed by atoms with E-state index >= 15 is 0 Å². The number of fused-ring (bicyclic) bond motifs is 1. The number of hydrogen-bond acceptors (Lipinski definition) is 3. The van der Waals surface area contributed by atoms with Crippen LogP contribution in [-0.4, -0.2) is 18.9 Å². The Bertz CT molecular complexity index is 886. The van der Waals surface area contributed by atoms with Gasteiger partial charge >= 0.3 is 0 Å². The molecule has 0 aliphatic carbocycles. The third-order valence-electron chi connectivity index (χ3n) is 3.99. The van der Waals surface area contributed by atoms with Crippen LogP contribution in [0.2, 0.25) is 0 Å². The van der Waals surface area contributed by atoms with Crippen molar-refractivity contribution in [1.29, 1.82) is 5.26 Å². The molecule has 1 aliphatic rings. The van der Waals surface area contributed by atoms with E-state index in [1.54, 1.807) is 36.4 Å². The van der Waals surface area contributed by atoms with Crippen molar-refractivity contribution >= 4 is 38.3 Å². The summed E-state index contributed by atoms with van der Waals surface area (Å²) in [5, 5.41) is 9.11. The van der Waals surface area contributed by atoms with Crippen LogP contribution in [0.25, 0.3) is 0 Å². The minimum Gasteiger partial charge on any atom is -0.262 e. The normalized spacial score (nSPS) is 16.9. The monoisotopic (exact) mass is 438 g/mol. The average molecular weight is 438 g/mol. The van der Waals surface area contributed by atoms with Crippen molar-refractivity contribution in [2.75, 3.05) is 8.73 Å². The lowest BCUT2D eigenvalue weighted by molar-refractivity contribution is 0.585. The van der Waals surface area contributed by atoms with E-state index in [4.69, 9.17) is 5.26 Å². The van der Waals surface area contributed by atoms with Crippen LogP contribution in [0.15, 0.2) is 47.4 Å². The van der Waals surface area contributed by atoms with Gasteiger partial charge in [-0.3, -0.25) is 4.31 Å². The van der Waals surface area contributed by atoms with Crippen LogP contribution in [0.5, 0.6) is 0 Å². The molecule has 2 aromatic rings. The van der Waals surface area contributed by atoms with E-state index in [-0.39, 0.29) is 10.9 Å². The SMILES string of the molecule is Cc1ccc(S(=O)(=O)N2c3cc(C#N)ccc3C[C@H]2CI)cc1. The van der Waals surface area contributed by atoms with Crippen molar-refractivity contribution in [2.45, 2.75) is 24.3 Å². The summed E-state index contributed by atoms with van der Waals surface area (Å²) < 4.78 is 28.4. The van der Waals surface area contributed by atoms with Crippen molar-refractivity contribution < 1.29 is 8.42 Å². The maximum Gasteiger partial charge on any atom is 0.264 e. The van der Waals surface area contributed by atoms with Crippen molar-refractivity contribution in [2.24, 2.45) is 0 Å². The Balaban J connectivity index is 2.14. The van der Waals surface area contributed by atoms with Gasteiger partial charge in [0.05, 0.1) is 28.3 Å². The lowest BCUT2D eigenvalue weighted by Gasteiger charge is -2.26. The molecule has 0 bridgehead atoms. The molecule has 0 unspecified atom stereocenters. The first kappa shape index (κ1) is 16.3. The maximum atomic E-state index is 13.1. The molecule has 23 heavy (non-hydrogen) atoms. The van der Waals surface area contributed by atoms with Crippen LogP contribution in [0.3, 0.4) is 0 Å². The minimum absolute atomic E-state index is 0.120. The smallest absolute Gasteiger partial charge is 0.262 e. The van der Waals surface area contributed by atoms with Gasteiger partial charge in [-0.25, -0.2) is 8.42 Å². The van der Waals surface area contributed by atoms with E-state index in [9.17, 15) is 8.42 Å². The summed E-state index contributed by atoms with van der Waals surface area (Å²) in [5.74, 6) is 0. The quantitative estimate of drug-likeness (QED) is 0.545. The van der Waals surface area contributed by atoms with Gasteiger partial charge in [0, 0.05) is 4.43 Å². The number of nitrogens with zero attached hydrogens (tertiary/aromatic N) is 2. The fourth-order valence-corrected chi connectivity index (χ4v) is 5.46. The second-order valence-electron chi connectivity index (χ2n) is 5.58. The Labute approximate surface area is 149 Å². The second-order valence-corrected chi connectivity index (χ2v) is 8.28. The Hall–Kier alpha value is -1.59. The van der Waals surface area contributed by atoms with Gasteiger partial charge in [0.25, 0.3) is 10.0 Å². The lowest BCUT2D eigenvalue weighted by atomic mass is 10.1. The zero-order valence-electron chi connectivity index (χ0n) is 12.5. The molecule has 0 N–H and O–H groups in total. The molecule has 1 heterocycles. The summed E-state index contributed by atoms with van der Waals surface area (Å²) in [7, 11) is -3.64. The minimum atomic E-state index is -3.64. The van der Waals surface area contributed by atoms with Crippen LogP contribution in [-0.2, 0) is 16.4 Å². The number of alkyl halides is 1. The molecule has 0 radical (unpaired) electrons. The van der Waals surface area contributed by atoms with Crippen molar-refractivity contribution in [3.05, 3.63) is 59.2 Å². The fourth-order valence-electron chi connectivity index (χ4n) is 2.81. The number of sulfonamides is 1. The number of nitriles is 1. The Morgan fingerprint density at radius 1 is 1.26 bits per heavy atom. The highest BCUT2D eigenvalue weighted by atomic mass is 127. The fraction of sp³-hybridized carbons (Fsp3) is 0.235. The molecule has 0 saturated heterocycles. The average Bonchev–Trinajstić information content (AvgIpc) is 2.93. The molecule has 2 aromatic carbocycles. The highest BCUT2D eigenvalue weighted by molar-refractivity contribution is 14.1. The van der Waals surface area contributed by atoms with Gasteiger partial charge < -0.3 is 0 Å². The summed E-state index contributed by atoms with van der Waals surface area (Å²) >= 11 is 2.21. The molecule has 0 aromatic heterocycles. The van der Waals surface area contributed by atoms with Crippen molar-refractivity contribution in [1.82, 2.24) is 0 Å². The van der Waals surface area contributed by atoms with E-state index < -0.39 is 10.0 Å². The molecule has 0 amide bonds.